The highest BCUT2D eigenvalue weighted by Gasteiger charge is 2.44. The van der Waals surface area contributed by atoms with Crippen molar-refractivity contribution < 1.29 is 19.1 Å². The summed E-state index contributed by atoms with van der Waals surface area (Å²) in [7, 11) is 1.30. The predicted octanol–water partition coefficient (Wildman–Crippen LogP) is 4.54. The van der Waals surface area contributed by atoms with Crippen molar-refractivity contribution in [3.63, 3.8) is 0 Å². The molecule has 1 aromatic heterocycles. The number of hydrogen-bond donors (Lipinski definition) is 1. The monoisotopic (exact) mass is 450 g/mol. The molecule has 1 heterocycles. The van der Waals surface area contributed by atoms with Crippen LogP contribution in [0.2, 0.25) is 0 Å². The van der Waals surface area contributed by atoms with E-state index in [0.29, 0.717) is 23.4 Å². The van der Waals surface area contributed by atoms with E-state index in [1.54, 1.807) is 12.1 Å². The second kappa shape index (κ2) is 9.53. The smallest absolute Gasteiger partial charge is 0.325 e. The van der Waals surface area contributed by atoms with Gasteiger partial charge in [0.1, 0.15) is 12.1 Å². The van der Waals surface area contributed by atoms with Crippen LogP contribution >= 0.6 is 11.3 Å². The molecule has 1 aliphatic carbocycles. The maximum atomic E-state index is 13.9. The molecule has 1 fully saturated rings. The molecule has 2 amide bonds. The quantitative estimate of drug-likeness (QED) is 0.560. The Labute approximate surface area is 191 Å². The number of methoxy groups -OCH3 is 1. The zero-order valence-corrected chi connectivity index (χ0v) is 18.8. The van der Waals surface area contributed by atoms with Crippen LogP contribution in [-0.2, 0) is 14.3 Å². The van der Waals surface area contributed by atoms with Gasteiger partial charge in [-0.3, -0.25) is 19.3 Å². The molecule has 0 radical (unpaired) electrons. The molecule has 1 aliphatic rings. The normalized spacial score (nSPS) is 15.2. The van der Waals surface area contributed by atoms with Crippen molar-refractivity contribution in [3.05, 3.63) is 65.5 Å². The van der Waals surface area contributed by atoms with Gasteiger partial charge in [-0.05, 0) is 42.5 Å². The molecule has 32 heavy (non-hydrogen) atoms. The predicted molar refractivity (Wildman–Crippen MR) is 126 cm³/mol. The van der Waals surface area contributed by atoms with Crippen molar-refractivity contribution in [3.8, 4) is 0 Å². The summed E-state index contributed by atoms with van der Waals surface area (Å²) < 4.78 is 5.86. The molecule has 7 heteroatoms. The molecule has 6 nitrogen and oxygen atoms in total. The first-order chi connectivity index (χ1) is 15.5. The number of nitrogens with zero attached hydrogens (tertiary/aromatic N) is 1. The van der Waals surface area contributed by atoms with Crippen LogP contribution in [0.25, 0.3) is 10.1 Å². The first-order valence-corrected chi connectivity index (χ1v) is 11.6. The lowest BCUT2D eigenvalue weighted by molar-refractivity contribution is -0.140. The van der Waals surface area contributed by atoms with E-state index in [1.807, 2.05) is 48.5 Å². The van der Waals surface area contributed by atoms with E-state index in [1.165, 1.54) is 23.3 Å². The van der Waals surface area contributed by atoms with Crippen molar-refractivity contribution in [2.24, 2.45) is 0 Å². The molecular formula is C25H26N2O4S. The lowest BCUT2D eigenvalue weighted by atomic mass is 9.80. The number of carbonyl (C=O) groups excluding carboxylic acids is 3. The molecule has 0 atom stereocenters. The van der Waals surface area contributed by atoms with Crippen LogP contribution in [0.5, 0.6) is 0 Å². The molecule has 0 spiro atoms. The highest BCUT2D eigenvalue weighted by molar-refractivity contribution is 7.20. The van der Waals surface area contributed by atoms with Crippen molar-refractivity contribution in [2.75, 3.05) is 18.6 Å². The van der Waals surface area contributed by atoms with Crippen LogP contribution in [0.3, 0.4) is 0 Å². The Morgan fingerprint density at radius 1 is 1.00 bits per heavy atom. The third kappa shape index (κ3) is 4.53. The topological polar surface area (TPSA) is 75.7 Å². The molecule has 0 bridgehead atoms. The fourth-order valence-electron chi connectivity index (χ4n) is 4.26. The summed E-state index contributed by atoms with van der Waals surface area (Å²) in [6.07, 6.45) is 3.74. The average Bonchev–Trinajstić information content (AvgIpc) is 3.28. The Hall–Kier alpha value is -3.19. The third-order valence-electron chi connectivity index (χ3n) is 5.95. The molecule has 4 rings (SSSR count). The lowest BCUT2D eigenvalue weighted by Gasteiger charge is -2.40. The zero-order chi connectivity index (χ0) is 22.6. The van der Waals surface area contributed by atoms with Gasteiger partial charge in [-0.25, -0.2) is 0 Å². The van der Waals surface area contributed by atoms with Crippen LogP contribution in [0.15, 0.2) is 60.7 Å². The number of fused-ring (bicyclic) bond motifs is 1. The largest absolute Gasteiger partial charge is 0.468 e. The molecule has 166 valence electrons. The Bertz CT molecular complexity index is 1090. The second-order valence-corrected chi connectivity index (χ2v) is 9.13. The minimum Gasteiger partial charge on any atom is -0.468 e. The summed E-state index contributed by atoms with van der Waals surface area (Å²) in [6, 6.07) is 18.7. The van der Waals surface area contributed by atoms with Crippen LogP contribution < -0.4 is 10.2 Å². The SMILES string of the molecule is COC(=O)CN(C(=O)C1(NC(=O)c2cc3ccccc3s2)CCCCC1)c1ccccc1. The van der Waals surface area contributed by atoms with Gasteiger partial charge in [-0.1, -0.05) is 55.7 Å². The third-order valence-corrected chi connectivity index (χ3v) is 7.06. The zero-order valence-electron chi connectivity index (χ0n) is 18.0. The van der Waals surface area contributed by atoms with Crippen LogP contribution in [0.4, 0.5) is 5.69 Å². The van der Waals surface area contributed by atoms with E-state index in [4.69, 9.17) is 4.74 Å². The number of benzene rings is 2. The van der Waals surface area contributed by atoms with E-state index in [0.717, 1.165) is 29.3 Å². The number of esters is 1. The van der Waals surface area contributed by atoms with E-state index in [9.17, 15) is 14.4 Å². The molecule has 0 saturated heterocycles. The molecule has 0 aliphatic heterocycles. The highest BCUT2D eigenvalue weighted by Crippen LogP contribution is 2.33. The Morgan fingerprint density at radius 3 is 2.38 bits per heavy atom. The standard InChI is InChI=1S/C25H26N2O4S/c1-31-22(28)17-27(19-11-4-2-5-12-19)24(30)25(14-8-3-9-15-25)26-23(29)21-16-18-10-6-7-13-20(18)32-21/h2,4-7,10-13,16H,3,8-9,14-15,17H2,1H3,(H,26,29). The van der Waals surface area contributed by atoms with Gasteiger partial charge in [-0.2, -0.15) is 0 Å². The van der Waals surface area contributed by atoms with Gasteiger partial charge < -0.3 is 10.1 Å². The van der Waals surface area contributed by atoms with Crippen molar-refractivity contribution >= 4 is 44.9 Å². The number of nitrogens with one attached hydrogen (secondary N) is 1. The van der Waals surface area contributed by atoms with E-state index in [-0.39, 0.29) is 18.4 Å². The molecular weight excluding hydrogens is 424 g/mol. The number of ether oxygens (including phenoxy) is 1. The Morgan fingerprint density at radius 2 is 1.69 bits per heavy atom. The second-order valence-electron chi connectivity index (χ2n) is 8.05. The first kappa shape index (κ1) is 22.0. The van der Waals surface area contributed by atoms with Gasteiger partial charge in [0.25, 0.3) is 11.8 Å². The number of carbonyl (C=O) groups is 3. The summed E-state index contributed by atoms with van der Waals surface area (Å²) in [5.74, 6) is -1.04. The fraction of sp³-hybridized carbons (Fsp3) is 0.320. The van der Waals surface area contributed by atoms with Crippen molar-refractivity contribution in [1.29, 1.82) is 0 Å². The van der Waals surface area contributed by atoms with Crippen molar-refractivity contribution in [2.45, 2.75) is 37.6 Å². The molecule has 1 N–H and O–H groups in total. The number of thiophene rings is 1. The minimum atomic E-state index is -1.06. The van der Waals surface area contributed by atoms with Gasteiger partial charge in [0.15, 0.2) is 0 Å². The maximum absolute atomic E-state index is 13.9. The minimum absolute atomic E-state index is 0.208. The van der Waals surface area contributed by atoms with Crippen LogP contribution in [0, 0.1) is 0 Å². The number of hydrogen-bond acceptors (Lipinski definition) is 5. The highest BCUT2D eigenvalue weighted by atomic mass is 32.1. The number of para-hydroxylation sites is 1. The van der Waals surface area contributed by atoms with E-state index < -0.39 is 11.5 Å². The molecule has 1 saturated carbocycles. The first-order valence-electron chi connectivity index (χ1n) is 10.8. The maximum Gasteiger partial charge on any atom is 0.325 e. The molecule has 2 aromatic carbocycles. The van der Waals surface area contributed by atoms with E-state index >= 15 is 0 Å². The van der Waals surface area contributed by atoms with E-state index in [2.05, 4.69) is 5.32 Å². The Balaban J connectivity index is 1.66. The number of anilines is 1. The number of amides is 2. The summed E-state index contributed by atoms with van der Waals surface area (Å²) in [6.45, 7) is -0.208. The van der Waals surface area contributed by atoms with Crippen LogP contribution in [0.1, 0.15) is 41.8 Å². The summed E-state index contributed by atoms with van der Waals surface area (Å²) in [4.78, 5) is 41.3. The van der Waals surface area contributed by atoms with Gasteiger partial charge in [0.05, 0.1) is 12.0 Å². The Kier molecular flexibility index (Phi) is 6.55. The lowest BCUT2D eigenvalue weighted by Crippen LogP contribution is -2.61. The van der Waals surface area contributed by atoms with Gasteiger partial charge in [-0.15, -0.1) is 11.3 Å². The fourth-order valence-corrected chi connectivity index (χ4v) is 5.22. The van der Waals surface area contributed by atoms with Gasteiger partial charge >= 0.3 is 5.97 Å². The molecule has 0 unspecified atom stereocenters. The van der Waals surface area contributed by atoms with Crippen LogP contribution in [-0.4, -0.2) is 37.0 Å². The average molecular weight is 451 g/mol. The van der Waals surface area contributed by atoms with Gasteiger partial charge in [0.2, 0.25) is 0 Å². The van der Waals surface area contributed by atoms with Gasteiger partial charge in [0, 0.05) is 10.4 Å². The summed E-state index contributed by atoms with van der Waals surface area (Å²) in [5.41, 5.74) is -0.459. The van der Waals surface area contributed by atoms with Crippen molar-refractivity contribution in [1.82, 2.24) is 5.32 Å². The summed E-state index contributed by atoms with van der Waals surface area (Å²) in [5, 5.41) is 4.08. The summed E-state index contributed by atoms with van der Waals surface area (Å²) >= 11 is 1.41. The molecule has 3 aromatic rings. The number of rotatable bonds is 6.